The van der Waals surface area contributed by atoms with E-state index in [2.05, 4.69) is 43.3 Å². The SMILES string of the molecule is CC(C)C(C)c1cc(NC2CCCCC2)c[nH]1. The Bertz CT molecular complexity index is 334. The lowest BCUT2D eigenvalue weighted by Crippen LogP contribution is -2.21. The van der Waals surface area contributed by atoms with Gasteiger partial charge in [0, 0.05) is 17.9 Å². The zero-order chi connectivity index (χ0) is 12.3. The summed E-state index contributed by atoms with van der Waals surface area (Å²) in [6.45, 7) is 6.85. The number of H-pyrrole nitrogens is 1. The van der Waals surface area contributed by atoms with Crippen LogP contribution in [0.2, 0.25) is 0 Å². The van der Waals surface area contributed by atoms with Gasteiger partial charge in [-0.15, -0.1) is 0 Å². The molecule has 0 aliphatic heterocycles. The summed E-state index contributed by atoms with van der Waals surface area (Å²) in [6.07, 6.45) is 8.99. The number of rotatable bonds is 4. The Labute approximate surface area is 105 Å². The van der Waals surface area contributed by atoms with Crippen molar-refractivity contribution in [2.75, 3.05) is 5.32 Å². The summed E-state index contributed by atoms with van der Waals surface area (Å²) in [5.74, 6) is 1.30. The van der Waals surface area contributed by atoms with E-state index in [0.717, 1.165) is 0 Å². The van der Waals surface area contributed by atoms with Crippen molar-refractivity contribution in [3.63, 3.8) is 0 Å². The quantitative estimate of drug-likeness (QED) is 0.787. The highest BCUT2D eigenvalue weighted by molar-refractivity contribution is 5.45. The van der Waals surface area contributed by atoms with Crippen molar-refractivity contribution < 1.29 is 0 Å². The fraction of sp³-hybridized carbons (Fsp3) is 0.733. The van der Waals surface area contributed by atoms with Crippen molar-refractivity contribution in [3.8, 4) is 0 Å². The molecular weight excluding hydrogens is 208 g/mol. The first kappa shape index (κ1) is 12.5. The Balaban J connectivity index is 1.93. The van der Waals surface area contributed by atoms with Gasteiger partial charge in [-0.1, -0.05) is 40.0 Å². The maximum absolute atomic E-state index is 3.66. The van der Waals surface area contributed by atoms with Gasteiger partial charge < -0.3 is 10.3 Å². The molecule has 1 saturated carbocycles. The molecular formula is C15H26N2. The van der Waals surface area contributed by atoms with Crippen LogP contribution in [0.3, 0.4) is 0 Å². The molecule has 1 unspecified atom stereocenters. The van der Waals surface area contributed by atoms with Crippen LogP contribution in [0.15, 0.2) is 12.3 Å². The maximum Gasteiger partial charge on any atom is 0.0522 e. The summed E-state index contributed by atoms with van der Waals surface area (Å²) in [5.41, 5.74) is 2.64. The molecule has 1 heterocycles. The lowest BCUT2D eigenvalue weighted by molar-refractivity contribution is 0.463. The molecule has 1 aliphatic rings. The number of aromatic amines is 1. The fourth-order valence-corrected chi connectivity index (χ4v) is 2.60. The van der Waals surface area contributed by atoms with Crippen LogP contribution in [0.1, 0.15) is 64.5 Å². The third-order valence-corrected chi connectivity index (χ3v) is 4.17. The Morgan fingerprint density at radius 3 is 2.53 bits per heavy atom. The minimum absolute atomic E-state index is 0.608. The highest BCUT2D eigenvalue weighted by Gasteiger charge is 2.15. The predicted molar refractivity (Wildman–Crippen MR) is 74.5 cm³/mol. The number of hydrogen-bond donors (Lipinski definition) is 2. The second kappa shape index (κ2) is 5.61. The van der Waals surface area contributed by atoms with Gasteiger partial charge in [-0.3, -0.25) is 0 Å². The molecule has 2 nitrogen and oxygen atoms in total. The summed E-state index contributed by atoms with van der Waals surface area (Å²) < 4.78 is 0. The van der Waals surface area contributed by atoms with Gasteiger partial charge in [-0.25, -0.2) is 0 Å². The highest BCUT2D eigenvalue weighted by atomic mass is 14.9. The molecule has 0 aromatic carbocycles. The van der Waals surface area contributed by atoms with Gasteiger partial charge in [0.2, 0.25) is 0 Å². The van der Waals surface area contributed by atoms with Crippen molar-refractivity contribution >= 4 is 5.69 Å². The molecule has 0 radical (unpaired) electrons. The zero-order valence-electron chi connectivity index (χ0n) is 11.4. The van der Waals surface area contributed by atoms with Gasteiger partial charge in [-0.05, 0) is 30.7 Å². The predicted octanol–water partition coefficient (Wildman–Crippen LogP) is 4.52. The first-order valence-electron chi connectivity index (χ1n) is 7.11. The van der Waals surface area contributed by atoms with Crippen molar-refractivity contribution in [2.24, 2.45) is 5.92 Å². The molecule has 0 amide bonds. The summed E-state index contributed by atoms with van der Waals surface area (Å²) in [6, 6.07) is 2.99. The molecule has 17 heavy (non-hydrogen) atoms. The molecule has 0 bridgehead atoms. The topological polar surface area (TPSA) is 27.8 Å². The van der Waals surface area contributed by atoms with E-state index >= 15 is 0 Å². The molecule has 0 saturated heterocycles. The van der Waals surface area contributed by atoms with Crippen LogP contribution in [0.25, 0.3) is 0 Å². The minimum atomic E-state index is 0.608. The van der Waals surface area contributed by atoms with E-state index in [0.29, 0.717) is 17.9 Å². The molecule has 1 atom stereocenters. The van der Waals surface area contributed by atoms with Crippen molar-refractivity contribution in [1.82, 2.24) is 4.98 Å². The maximum atomic E-state index is 3.66. The minimum Gasteiger partial charge on any atom is -0.381 e. The number of nitrogens with one attached hydrogen (secondary N) is 2. The molecule has 1 aromatic rings. The first-order chi connectivity index (χ1) is 8.16. The number of anilines is 1. The van der Waals surface area contributed by atoms with Crippen LogP contribution in [-0.2, 0) is 0 Å². The summed E-state index contributed by atoms with van der Waals surface area (Å²) >= 11 is 0. The van der Waals surface area contributed by atoms with Crippen LogP contribution in [0.5, 0.6) is 0 Å². The number of aromatic nitrogens is 1. The molecule has 2 rings (SSSR count). The Hall–Kier alpha value is -0.920. The van der Waals surface area contributed by atoms with Crippen LogP contribution >= 0.6 is 0 Å². The normalized spacial score (nSPS) is 19.5. The molecule has 1 fully saturated rings. The van der Waals surface area contributed by atoms with E-state index in [1.807, 2.05) is 0 Å². The zero-order valence-corrected chi connectivity index (χ0v) is 11.4. The van der Waals surface area contributed by atoms with E-state index < -0.39 is 0 Å². The van der Waals surface area contributed by atoms with Crippen molar-refractivity contribution in [3.05, 3.63) is 18.0 Å². The second-order valence-corrected chi connectivity index (χ2v) is 5.86. The summed E-state index contributed by atoms with van der Waals surface area (Å²) in [7, 11) is 0. The van der Waals surface area contributed by atoms with E-state index in [9.17, 15) is 0 Å². The van der Waals surface area contributed by atoms with Gasteiger partial charge in [0.25, 0.3) is 0 Å². The Morgan fingerprint density at radius 2 is 1.88 bits per heavy atom. The third kappa shape index (κ3) is 3.27. The molecule has 96 valence electrons. The van der Waals surface area contributed by atoms with E-state index in [1.165, 1.54) is 43.5 Å². The first-order valence-corrected chi connectivity index (χ1v) is 7.11. The van der Waals surface area contributed by atoms with E-state index in [4.69, 9.17) is 0 Å². The molecule has 1 aromatic heterocycles. The van der Waals surface area contributed by atoms with Crippen molar-refractivity contribution in [2.45, 2.75) is 64.8 Å². The molecule has 2 N–H and O–H groups in total. The van der Waals surface area contributed by atoms with Crippen LogP contribution < -0.4 is 5.32 Å². The number of hydrogen-bond acceptors (Lipinski definition) is 1. The van der Waals surface area contributed by atoms with Gasteiger partial charge in [-0.2, -0.15) is 0 Å². The van der Waals surface area contributed by atoms with E-state index in [-0.39, 0.29) is 0 Å². The van der Waals surface area contributed by atoms with Crippen LogP contribution in [0.4, 0.5) is 5.69 Å². The average Bonchev–Trinajstić information content (AvgIpc) is 2.77. The van der Waals surface area contributed by atoms with Gasteiger partial charge in [0.05, 0.1) is 5.69 Å². The van der Waals surface area contributed by atoms with Crippen LogP contribution in [0, 0.1) is 5.92 Å². The van der Waals surface area contributed by atoms with Gasteiger partial charge >= 0.3 is 0 Å². The monoisotopic (exact) mass is 234 g/mol. The highest BCUT2D eigenvalue weighted by Crippen LogP contribution is 2.27. The molecule has 2 heteroatoms. The molecule has 0 spiro atoms. The Kier molecular flexibility index (Phi) is 4.14. The average molecular weight is 234 g/mol. The lowest BCUT2D eigenvalue weighted by atomic mass is 9.94. The lowest BCUT2D eigenvalue weighted by Gasteiger charge is -2.23. The molecule has 1 aliphatic carbocycles. The van der Waals surface area contributed by atoms with Crippen molar-refractivity contribution in [1.29, 1.82) is 0 Å². The standard InChI is InChI=1S/C15H26N2/c1-11(2)12(3)15-9-14(10-16-15)17-13-7-5-4-6-8-13/h9-13,16-17H,4-8H2,1-3H3. The third-order valence-electron chi connectivity index (χ3n) is 4.17. The largest absolute Gasteiger partial charge is 0.381 e. The summed E-state index contributed by atoms with van der Waals surface area (Å²) in [4.78, 5) is 3.41. The fourth-order valence-electron chi connectivity index (χ4n) is 2.60. The second-order valence-electron chi connectivity index (χ2n) is 5.86. The van der Waals surface area contributed by atoms with Gasteiger partial charge in [0.15, 0.2) is 0 Å². The Morgan fingerprint density at radius 1 is 1.18 bits per heavy atom. The van der Waals surface area contributed by atoms with Crippen LogP contribution in [-0.4, -0.2) is 11.0 Å². The van der Waals surface area contributed by atoms with E-state index in [1.54, 1.807) is 0 Å². The van der Waals surface area contributed by atoms with Gasteiger partial charge in [0.1, 0.15) is 0 Å². The summed E-state index contributed by atoms with van der Waals surface area (Å²) in [5, 5.41) is 3.66. The smallest absolute Gasteiger partial charge is 0.0522 e.